The number of rotatable bonds is 4. The maximum absolute atomic E-state index is 13.0. The Morgan fingerprint density at radius 3 is 2.72 bits per heavy atom. The van der Waals surface area contributed by atoms with E-state index in [0.29, 0.717) is 11.3 Å². The first-order chi connectivity index (χ1) is 11.9. The van der Waals surface area contributed by atoms with Gasteiger partial charge in [0.05, 0.1) is 13.7 Å². The minimum atomic E-state index is -0.935. The average molecular weight is 350 g/mol. The Morgan fingerprint density at radius 2 is 2.08 bits per heavy atom. The van der Waals surface area contributed by atoms with Gasteiger partial charge in [-0.05, 0) is 45.7 Å². The third-order valence-electron chi connectivity index (χ3n) is 5.14. The van der Waals surface area contributed by atoms with Crippen LogP contribution in [-0.2, 0) is 16.1 Å². The lowest BCUT2D eigenvalue weighted by Crippen LogP contribution is -2.53. The van der Waals surface area contributed by atoms with Crippen molar-refractivity contribution in [2.75, 3.05) is 20.2 Å². The number of aromatic nitrogens is 1. The third-order valence-corrected chi connectivity index (χ3v) is 5.14. The number of esters is 1. The van der Waals surface area contributed by atoms with Crippen molar-refractivity contribution in [2.24, 2.45) is 5.92 Å². The van der Waals surface area contributed by atoms with E-state index in [1.54, 1.807) is 13.8 Å². The van der Waals surface area contributed by atoms with Crippen molar-refractivity contribution in [3.05, 3.63) is 17.0 Å². The molecule has 9 nitrogen and oxygen atoms in total. The van der Waals surface area contributed by atoms with E-state index >= 15 is 0 Å². The molecule has 0 bridgehead atoms. The van der Waals surface area contributed by atoms with Gasteiger partial charge in [-0.3, -0.25) is 9.69 Å². The lowest BCUT2D eigenvalue weighted by molar-refractivity contribution is -0.133. The quantitative estimate of drug-likeness (QED) is 0.603. The Balaban J connectivity index is 1.84. The zero-order valence-corrected chi connectivity index (χ0v) is 14.5. The second-order valence-electron chi connectivity index (χ2n) is 6.61. The van der Waals surface area contributed by atoms with Crippen LogP contribution in [0.2, 0.25) is 0 Å². The first-order valence-corrected chi connectivity index (χ1v) is 8.26. The maximum atomic E-state index is 13.0. The Labute approximate surface area is 145 Å². The van der Waals surface area contributed by atoms with Crippen molar-refractivity contribution in [1.82, 2.24) is 20.7 Å². The monoisotopic (exact) mass is 350 g/mol. The molecule has 2 N–H and O–H groups in total. The van der Waals surface area contributed by atoms with Gasteiger partial charge < -0.3 is 19.9 Å². The number of carbonyl (C=O) groups is 3. The summed E-state index contributed by atoms with van der Waals surface area (Å²) in [4.78, 5) is 38.3. The van der Waals surface area contributed by atoms with Crippen molar-refractivity contribution < 1.29 is 23.6 Å². The molecule has 0 radical (unpaired) electrons. The van der Waals surface area contributed by atoms with Crippen molar-refractivity contribution in [2.45, 2.75) is 38.8 Å². The second-order valence-corrected chi connectivity index (χ2v) is 6.61. The van der Waals surface area contributed by atoms with Gasteiger partial charge in [0.1, 0.15) is 11.3 Å². The zero-order chi connectivity index (χ0) is 18.2. The van der Waals surface area contributed by atoms with Crippen LogP contribution in [0.1, 0.15) is 41.6 Å². The van der Waals surface area contributed by atoms with Crippen LogP contribution >= 0.6 is 0 Å². The lowest BCUT2D eigenvalue weighted by atomic mass is 9.79. The van der Waals surface area contributed by atoms with Crippen LogP contribution in [0.3, 0.4) is 0 Å². The Morgan fingerprint density at radius 1 is 1.40 bits per heavy atom. The van der Waals surface area contributed by atoms with Gasteiger partial charge in [0.15, 0.2) is 5.69 Å². The third kappa shape index (κ3) is 2.88. The van der Waals surface area contributed by atoms with Gasteiger partial charge in [0.25, 0.3) is 5.91 Å². The Hall–Kier alpha value is -2.42. The molecule has 136 valence electrons. The fourth-order valence-electron chi connectivity index (χ4n) is 3.53. The van der Waals surface area contributed by atoms with Crippen molar-refractivity contribution in [3.8, 4) is 0 Å². The largest absolute Gasteiger partial charge is 0.464 e. The van der Waals surface area contributed by atoms with Gasteiger partial charge in [-0.15, -0.1) is 0 Å². The summed E-state index contributed by atoms with van der Waals surface area (Å²) < 4.78 is 9.71. The molecule has 2 saturated heterocycles. The predicted molar refractivity (Wildman–Crippen MR) is 85.7 cm³/mol. The number of methoxy groups -OCH3 is 1. The molecule has 1 aromatic heterocycles. The first kappa shape index (κ1) is 17.4. The van der Waals surface area contributed by atoms with Crippen molar-refractivity contribution >= 4 is 17.9 Å². The molecule has 1 atom stereocenters. The lowest BCUT2D eigenvalue weighted by Gasteiger charge is -2.34. The van der Waals surface area contributed by atoms with Gasteiger partial charge in [0.2, 0.25) is 0 Å². The number of piperidine rings is 1. The molecule has 3 amide bonds. The number of amides is 3. The van der Waals surface area contributed by atoms with Crippen molar-refractivity contribution in [3.63, 3.8) is 0 Å². The Bertz CT molecular complexity index is 709. The number of nitrogens with zero attached hydrogens (tertiary/aromatic N) is 2. The molecule has 0 unspecified atom stereocenters. The number of hydrogen-bond donors (Lipinski definition) is 2. The van der Waals surface area contributed by atoms with Crippen LogP contribution in [0, 0.1) is 12.8 Å². The van der Waals surface area contributed by atoms with Gasteiger partial charge in [-0.1, -0.05) is 5.16 Å². The van der Waals surface area contributed by atoms with E-state index in [1.165, 1.54) is 7.11 Å². The molecular weight excluding hydrogens is 328 g/mol. The number of nitrogens with one attached hydrogen (secondary N) is 2. The molecule has 9 heteroatoms. The second kappa shape index (κ2) is 6.47. The van der Waals surface area contributed by atoms with Crippen LogP contribution < -0.4 is 10.6 Å². The van der Waals surface area contributed by atoms with Crippen LogP contribution in [0.4, 0.5) is 4.79 Å². The molecule has 3 heterocycles. The standard InChI is InChI=1S/C16H22N4O5/c1-9-11(12(19-25-9)13(21)24-3)8-20-14(22)16(2,18-15(20)23)10-4-6-17-7-5-10/h10,17H,4-8H2,1-3H3,(H,18,23)/t16-/m1/s1. The topological polar surface area (TPSA) is 114 Å². The highest BCUT2D eigenvalue weighted by atomic mass is 16.5. The summed E-state index contributed by atoms with van der Waals surface area (Å²) in [5, 5.41) is 9.77. The number of urea groups is 1. The molecule has 0 aromatic carbocycles. The number of ether oxygens (including phenoxy) is 1. The molecule has 3 rings (SSSR count). The molecule has 2 aliphatic rings. The smallest absolute Gasteiger partial charge is 0.360 e. The van der Waals surface area contributed by atoms with E-state index in [-0.39, 0.29) is 24.1 Å². The summed E-state index contributed by atoms with van der Waals surface area (Å²) in [6, 6.07) is -0.470. The highest BCUT2D eigenvalue weighted by Gasteiger charge is 2.52. The number of hydrogen-bond acceptors (Lipinski definition) is 7. The summed E-state index contributed by atoms with van der Waals surface area (Å²) in [7, 11) is 1.23. The first-order valence-electron chi connectivity index (χ1n) is 8.26. The minimum Gasteiger partial charge on any atom is -0.464 e. The van der Waals surface area contributed by atoms with Crippen LogP contribution in [0.5, 0.6) is 0 Å². The van der Waals surface area contributed by atoms with E-state index in [9.17, 15) is 14.4 Å². The molecule has 2 fully saturated rings. The SMILES string of the molecule is COC(=O)c1noc(C)c1CN1C(=O)N[C@](C)(C2CCNCC2)C1=O. The number of aryl methyl sites for hydroxylation is 1. The molecular formula is C16H22N4O5. The highest BCUT2D eigenvalue weighted by molar-refractivity contribution is 6.07. The average Bonchev–Trinajstić information content (AvgIpc) is 3.08. The number of carbonyl (C=O) groups excluding carboxylic acids is 3. The van der Waals surface area contributed by atoms with Gasteiger partial charge in [0, 0.05) is 5.56 Å². The van der Waals surface area contributed by atoms with Gasteiger partial charge in [-0.2, -0.15) is 0 Å². The zero-order valence-electron chi connectivity index (χ0n) is 14.5. The van der Waals surface area contributed by atoms with Crippen LogP contribution in [0.15, 0.2) is 4.52 Å². The van der Waals surface area contributed by atoms with E-state index in [4.69, 9.17) is 4.52 Å². The summed E-state index contributed by atoms with van der Waals surface area (Å²) in [5.74, 6) is -0.517. The van der Waals surface area contributed by atoms with Crippen LogP contribution in [-0.4, -0.2) is 53.7 Å². The van der Waals surface area contributed by atoms with E-state index in [2.05, 4.69) is 20.5 Å². The van der Waals surface area contributed by atoms with Crippen molar-refractivity contribution in [1.29, 1.82) is 0 Å². The fourth-order valence-corrected chi connectivity index (χ4v) is 3.53. The molecule has 2 aliphatic heterocycles. The number of imide groups is 1. The normalized spacial score (nSPS) is 24.5. The van der Waals surface area contributed by atoms with E-state index < -0.39 is 17.5 Å². The fraction of sp³-hybridized carbons (Fsp3) is 0.625. The predicted octanol–water partition coefficient (Wildman–Crippen LogP) is 0.580. The van der Waals surface area contributed by atoms with E-state index in [1.807, 2.05) is 0 Å². The summed E-state index contributed by atoms with van der Waals surface area (Å²) in [6.45, 7) is 4.95. The summed E-state index contributed by atoms with van der Waals surface area (Å²) in [5.41, 5.74) is -0.573. The molecule has 0 aliphatic carbocycles. The summed E-state index contributed by atoms with van der Waals surface area (Å²) in [6.07, 6.45) is 1.63. The van der Waals surface area contributed by atoms with Crippen LogP contribution in [0.25, 0.3) is 0 Å². The molecule has 1 aromatic rings. The summed E-state index contributed by atoms with van der Waals surface area (Å²) >= 11 is 0. The Kier molecular flexibility index (Phi) is 4.51. The molecule has 0 spiro atoms. The molecule has 0 saturated carbocycles. The van der Waals surface area contributed by atoms with Gasteiger partial charge in [-0.25, -0.2) is 9.59 Å². The maximum Gasteiger partial charge on any atom is 0.360 e. The minimum absolute atomic E-state index is 0.0175. The highest BCUT2D eigenvalue weighted by Crippen LogP contribution is 2.33. The molecule has 25 heavy (non-hydrogen) atoms. The van der Waals surface area contributed by atoms with Gasteiger partial charge >= 0.3 is 12.0 Å². The van der Waals surface area contributed by atoms with E-state index in [0.717, 1.165) is 30.8 Å².